The number of aromatic nitrogens is 2. The number of carbonyl (C=O) groups is 1. The predicted molar refractivity (Wildman–Crippen MR) is 168 cm³/mol. The number of anilines is 3. The van der Waals surface area contributed by atoms with E-state index in [-0.39, 0.29) is 41.9 Å². The zero-order valence-electron chi connectivity index (χ0n) is 26.0. The van der Waals surface area contributed by atoms with E-state index in [2.05, 4.69) is 21.4 Å². The second-order valence-corrected chi connectivity index (χ2v) is 10.7. The van der Waals surface area contributed by atoms with Crippen LogP contribution in [0.3, 0.4) is 0 Å². The minimum absolute atomic E-state index is 0.0233. The van der Waals surface area contributed by atoms with Crippen molar-refractivity contribution in [1.82, 2.24) is 19.8 Å². The van der Waals surface area contributed by atoms with Crippen LogP contribution in [0.1, 0.15) is 42.7 Å². The van der Waals surface area contributed by atoms with E-state index in [0.29, 0.717) is 63.9 Å². The average Bonchev–Trinajstić information content (AvgIpc) is 3.06. The number of fused-ring (bicyclic) bond motifs is 1. The van der Waals surface area contributed by atoms with Crippen LogP contribution in [0.15, 0.2) is 24.8 Å². The molecule has 1 aromatic carbocycles. The minimum atomic E-state index is -4.63. The van der Waals surface area contributed by atoms with Crippen LogP contribution in [0.5, 0.6) is 6.01 Å². The number of amides is 1. The minimum Gasteiger partial charge on any atom is -0.463 e. The highest BCUT2D eigenvalue weighted by Gasteiger charge is 2.38. The van der Waals surface area contributed by atoms with E-state index in [0.717, 1.165) is 43.9 Å². The molecule has 14 heteroatoms. The second kappa shape index (κ2) is 15.4. The van der Waals surface area contributed by atoms with Crippen LogP contribution in [0.4, 0.5) is 30.4 Å². The number of benzene rings is 1. The van der Waals surface area contributed by atoms with Gasteiger partial charge in [0, 0.05) is 75.4 Å². The third kappa shape index (κ3) is 8.03. The highest BCUT2D eigenvalue weighted by molar-refractivity contribution is 5.94. The highest BCUT2D eigenvalue weighted by Crippen LogP contribution is 2.42. The number of hydrogen-bond acceptors (Lipinski definition) is 10. The number of alkyl halides is 3. The van der Waals surface area contributed by atoms with E-state index in [1.165, 1.54) is 12.1 Å². The van der Waals surface area contributed by atoms with E-state index in [1.807, 2.05) is 13.8 Å². The van der Waals surface area contributed by atoms with E-state index in [4.69, 9.17) is 25.6 Å². The summed E-state index contributed by atoms with van der Waals surface area (Å²) < 4.78 is 53.7. The zero-order chi connectivity index (χ0) is 32.6. The first-order chi connectivity index (χ1) is 21.7. The molecule has 0 atom stereocenters. The average molecular weight is 633 g/mol. The SMILES string of the molecule is C=CC(=O)N1CCN(c2nc(OCCCN3CCOCC3)nc3c2CCN(c2c(C(F)(F)F)ccc(N)c2C=N)C3)CC1.CC. The van der Waals surface area contributed by atoms with Crippen molar-refractivity contribution in [2.24, 2.45) is 0 Å². The number of carbonyl (C=O) groups excluding carboxylic acids is 1. The standard InChI is InChI=1S/C29H37F3N8O3.C2H6/c1-2-25(41)38-9-11-39(12-10-38)27-20-6-8-40(26-21(18-33)23(34)5-4-22(26)29(30,31)32)19-24(20)35-28(36-27)43-15-3-7-37-13-16-42-17-14-37;1-2/h2,4-5,18,33H,1,3,6-17,19,34H2;1-2H3. The molecule has 2 saturated heterocycles. The molecule has 2 aromatic rings. The van der Waals surface area contributed by atoms with Gasteiger partial charge in [-0.3, -0.25) is 9.69 Å². The number of halogens is 3. The van der Waals surface area contributed by atoms with Gasteiger partial charge in [0.1, 0.15) is 5.82 Å². The van der Waals surface area contributed by atoms with Gasteiger partial charge in [0.2, 0.25) is 5.91 Å². The summed E-state index contributed by atoms with van der Waals surface area (Å²) in [5.74, 6) is 0.545. The Morgan fingerprint density at radius 3 is 2.44 bits per heavy atom. The van der Waals surface area contributed by atoms with Crippen LogP contribution in [-0.2, 0) is 28.7 Å². The maximum atomic E-state index is 14.1. The van der Waals surface area contributed by atoms with Crippen LogP contribution < -0.4 is 20.3 Å². The molecular weight excluding hydrogens is 589 g/mol. The van der Waals surface area contributed by atoms with E-state index in [1.54, 1.807) is 9.80 Å². The van der Waals surface area contributed by atoms with Crippen LogP contribution in [0, 0.1) is 5.41 Å². The Labute approximate surface area is 262 Å². The first-order valence-electron chi connectivity index (χ1n) is 15.4. The molecule has 3 aliphatic heterocycles. The number of piperazine rings is 1. The van der Waals surface area contributed by atoms with Crippen molar-refractivity contribution in [3.63, 3.8) is 0 Å². The monoisotopic (exact) mass is 632 g/mol. The Morgan fingerprint density at radius 1 is 1.09 bits per heavy atom. The zero-order valence-corrected chi connectivity index (χ0v) is 26.0. The number of nitrogens with zero attached hydrogens (tertiary/aromatic N) is 6. The largest absolute Gasteiger partial charge is 0.463 e. The van der Waals surface area contributed by atoms with Gasteiger partial charge in [0.05, 0.1) is 43.3 Å². The third-order valence-corrected chi connectivity index (χ3v) is 8.06. The summed E-state index contributed by atoms with van der Waals surface area (Å²) in [6, 6.07) is 2.31. The number of nitrogens with two attached hydrogens (primary N) is 1. The second-order valence-electron chi connectivity index (χ2n) is 10.7. The molecule has 0 spiro atoms. The Morgan fingerprint density at radius 2 is 1.80 bits per heavy atom. The van der Waals surface area contributed by atoms with Gasteiger partial charge >= 0.3 is 12.2 Å². The molecule has 0 bridgehead atoms. The summed E-state index contributed by atoms with van der Waals surface area (Å²) in [6.07, 6.45) is -1.32. The number of rotatable bonds is 9. The predicted octanol–water partition coefficient (Wildman–Crippen LogP) is 3.60. The summed E-state index contributed by atoms with van der Waals surface area (Å²) in [6.45, 7) is 14.3. The van der Waals surface area contributed by atoms with E-state index >= 15 is 0 Å². The van der Waals surface area contributed by atoms with Crippen molar-refractivity contribution in [2.75, 3.05) is 87.7 Å². The molecule has 4 heterocycles. The lowest BCUT2D eigenvalue weighted by Crippen LogP contribution is -2.49. The molecule has 246 valence electrons. The molecule has 3 N–H and O–H groups in total. The molecule has 0 unspecified atom stereocenters. The van der Waals surface area contributed by atoms with Gasteiger partial charge in [-0.25, -0.2) is 0 Å². The molecule has 2 fully saturated rings. The molecule has 0 aliphatic carbocycles. The van der Waals surface area contributed by atoms with Gasteiger partial charge in [0.25, 0.3) is 0 Å². The van der Waals surface area contributed by atoms with Crippen LogP contribution in [0.2, 0.25) is 0 Å². The Hall–Kier alpha value is -3.91. The molecule has 0 saturated carbocycles. The van der Waals surface area contributed by atoms with Gasteiger partial charge in [-0.15, -0.1) is 0 Å². The van der Waals surface area contributed by atoms with Gasteiger partial charge in [-0.05, 0) is 31.1 Å². The normalized spacial score (nSPS) is 17.2. The summed E-state index contributed by atoms with van der Waals surface area (Å²) in [4.78, 5) is 29.3. The smallest absolute Gasteiger partial charge is 0.418 e. The van der Waals surface area contributed by atoms with Gasteiger partial charge in [-0.2, -0.15) is 23.1 Å². The number of nitrogen functional groups attached to an aromatic ring is 1. The fourth-order valence-electron chi connectivity index (χ4n) is 5.79. The first kappa shape index (κ1) is 34.0. The number of nitrogens with one attached hydrogen (secondary N) is 1. The fraction of sp³-hybridized carbons (Fsp3) is 0.548. The summed E-state index contributed by atoms with van der Waals surface area (Å²) in [7, 11) is 0. The topological polar surface area (TPSA) is 124 Å². The molecule has 1 amide bonds. The molecule has 0 radical (unpaired) electrons. The fourth-order valence-corrected chi connectivity index (χ4v) is 5.79. The lowest BCUT2D eigenvalue weighted by molar-refractivity contribution is -0.137. The molecule has 3 aliphatic rings. The van der Waals surface area contributed by atoms with Gasteiger partial charge in [-0.1, -0.05) is 20.4 Å². The first-order valence-corrected chi connectivity index (χ1v) is 15.4. The number of morpholine rings is 1. The van der Waals surface area contributed by atoms with Crippen molar-refractivity contribution in [3.05, 3.63) is 47.2 Å². The van der Waals surface area contributed by atoms with Crippen molar-refractivity contribution in [2.45, 2.75) is 39.4 Å². The Kier molecular flexibility index (Phi) is 11.6. The molecule has 1 aromatic heterocycles. The van der Waals surface area contributed by atoms with Gasteiger partial charge in [0.15, 0.2) is 0 Å². The summed E-state index contributed by atoms with van der Waals surface area (Å²) >= 11 is 0. The Balaban J connectivity index is 0.00000226. The van der Waals surface area contributed by atoms with Crippen LogP contribution >= 0.6 is 0 Å². The molecule has 45 heavy (non-hydrogen) atoms. The van der Waals surface area contributed by atoms with Crippen molar-refractivity contribution in [3.8, 4) is 6.01 Å². The quantitative estimate of drug-likeness (QED) is 0.185. The number of ether oxygens (including phenoxy) is 2. The van der Waals surface area contributed by atoms with Crippen molar-refractivity contribution in [1.29, 1.82) is 5.41 Å². The summed E-state index contributed by atoms with van der Waals surface area (Å²) in [5.41, 5.74) is 6.57. The maximum absolute atomic E-state index is 14.1. The molecule has 5 rings (SSSR count). The molecule has 11 nitrogen and oxygen atoms in total. The third-order valence-electron chi connectivity index (χ3n) is 8.06. The maximum Gasteiger partial charge on any atom is 0.418 e. The lowest BCUT2D eigenvalue weighted by Gasteiger charge is -2.38. The van der Waals surface area contributed by atoms with E-state index < -0.39 is 11.7 Å². The number of hydrogen-bond donors (Lipinski definition) is 2. The molecular formula is C31H43F3N8O3. The van der Waals surface area contributed by atoms with Crippen LogP contribution in [-0.4, -0.2) is 104 Å². The summed E-state index contributed by atoms with van der Waals surface area (Å²) in [5, 5.41) is 7.83. The Bertz CT molecular complexity index is 1340. The van der Waals surface area contributed by atoms with E-state index in [9.17, 15) is 18.0 Å². The van der Waals surface area contributed by atoms with Crippen molar-refractivity contribution >= 4 is 29.3 Å². The van der Waals surface area contributed by atoms with Crippen molar-refractivity contribution < 1.29 is 27.4 Å². The highest BCUT2D eigenvalue weighted by atomic mass is 19.4. The lowest BCUT2D eigenvalue weighted by atomic mass is 9.99. The van der Waals surface area contributed by atoms with Crippen LogP contribution in [0.25, 0.3) is 0 Å². The van der Waals surface area contributed by atoms with Gasteiger partial charge < -0.3 is 35.3 Å².